The fourth-order valence-corrected chi connectivity index (χ4v) is 4.38. The van der Waals surface area contributed by atoms with Crippen LogP contribution < -0.4 is 10.1 Å². The summed E-state index contributed by atoms with van der Waals surface area (Å²) in [7, 11) is 0. The Morgan fingerprint density at radius 3 is 2.21 bits per heavy atom. The molecule has 0 aliphatic carbocycles. The number of phenols is 1. The Hall–Kier alpha value is -1.87. The molecule has 3 nitrogen and oxygen atoms in total. The summed E-state index contributed by atoms with van der Waals surface area (Å²) in [4.78, 5) is 0. The third kappa shape index (κ3) is 11.0. The first-order valence-corrected chi connectivity index (χ1v) is 13.6. The number of unbranched alkanes of at least 4 members (excludes halogenated alkanes) is 9. The van der Waals surface area contributed by atoms with Crippen molar-refractivity contribution in [1.82, 2.24) is 0 Å². The molecule has 0 fully saturated rings. The second-order valence-electron chi connectivity index (χ2n) is 10.4. The Kier molecular flexibility index (Phi) is 12.7. The van der Waals surface area contributed by atoms with Gasteiger partial charge in [0, 0.05) is 22.3 Å². The van der Waals surface area contributed by atoms with E-state index in [1.807, 2.05) is 30.3 Å². The first kappa shape index (κ1) is 28.4. The maximum absolute atomic E-state index is 10.3. The van der Waals surface area contributed by atoms with E-state index < -0.39 is 0 Å². The third-order valence-corrected chi connectivity index (χ3v) is 6.48. The van der Waals surface area contributed by atoms with Crippen LogP contribution in [0.4, 0.5) is 5.69 Å². The molecule has 4 heteroatoms. The lowest BCUT2D eigenvalue weighted by Crippen LogP contribution is -2.26. The molecule has 189 valence electrons. The molecule has 34 heavy (non-hydrogen) atoms. The van der Waals surface area contributed by atoms with Crippen molar-refractivity contribution in [3.05, 3.63) is 53.1 Å². The van der Waals surface area contributed by atoms with Crippen LogP contribution in [0, 0.1) is 6.07 Å². The SMILES string of the molecule is CCCCCCCCCCCCC(CNc1[c]ccc(Cl)c1)Oc1ccc(O)c(C(C)(C)C)c1. The monoisotopic (exact) mass is 486 g/mol. The number of halogens is 1. The molecule has 0 aliphatic heterocycles. The molecule has 1 radical (unpaired) electrons. The quantitative estimate of drug-likeness (QED) is 0.232. The van der Waals surface area contributed by atoms with Gasteiger partial charge in [-0.1, -0.05) is 103 Å². The van der Waals surface area contributed by atoms with Gasteiger partial charge in [0.15, 0.2) is 0 Å². The second-order valence-corrected chi connectivity index (χ2v) is 10.9. The fourth-order valence-electron chi connectivity index (χ4n) is 4.21. The Bertz CT molecular complexity index is 831. The number of benzene rings is 2. The Labute approximate surface area is 213 Å². The second kappa shape index (κ2) is 15.2. The van der Waals surface area contributed by atoms with E-state index in [1.54, 1.807) is 6.07 Å². The Morgan fingerprint density at radius 2 is 1.59 bits per heavy atom. The predicted molar refractivity (Wildman–Crippen MR) is 146 cm³/mol. The summed E-state index contributed by atoms with van der Waals surface area (Å²) in [5.41, 5.74) is 1.63. The average molecular weight is 487 g/mol. The lowest BCUT2D eigenvalue weighted by atomic mass is 9.86. The van der Waals surface area contributed by atoms with Crippen LogP contribution in [0.3, 0.4) is 0 Å². The molecule has 2 aromatic rings. The highest BCUT2D eigenvalue weighted by atomic mass is 35.5. The molecule has 1 unspecified atom stereocenters. The molecule has 2 N–H and O–H groups in total. The Morgan fingerprint density at radius 1 is 0.941 bits per heavy atom. The zero-order chi connectivity index (χ0) is 24.8. The van der Waals surface area contributed by atoms with Crippen molar-refractivity contribution in [3.63, 3.8) is 0 Å². The van der Waals surface area contributed by atoms with Crippen molar-refractivity contribution < 1.29 is 9.84 Å². The maximum Gasteiger partial charge on any atom is 0.120 e. The summed E-state index contributed by atoms with van der Waals surface area (Å²) in [6.45, 7) is 9.25. The van der Waals surface area contributed by atoms with Gasteiger partial charge in [-0.25, -0.2) is 0 Å². The summed E-state index contributed by atoms with van der Waals surface area (Å²) < 4.78 is 6.42. The largest absolute Gasteiger partial charge is 0.508 e. The van der Waals surface area contributed by atoms with E-state index in [2.05, 4.69) is 39.1 Å². The number of rotatable bonds is 16. The molecule has 0 saturated carbocycles. The van der Waals surface area contributed by atoms with E-state index in [4.69, 9.17) is 16.3 Å². The summed E-state index contributed by atoms with van der Waals surface area (Å²) in [6.07, 6.45) is 14.2. The highest BCUT2D eigenvalue weighted by Gasteiger charge is 2.20. The van der Waals surface area contributed by atoms with Gasteiger partial charge in [0.25, 0.3) is 0 Å². The van der Waals surface area contributed by atoms with E-state index in [1.165, 1.54) is 57.8 Å². The van der Waals surface area contributed by atoms with Crippen molar-refractivity contribution in [3.8, 4) is 11.5 Å². The Balaban J connectivity index is 1.88. The normalized spacial score (nSPS) is 12.5. The van der Waals surface area contributed by atoms with Gasteiger partial charge in [-0.3, -0.25) is 0 Å². The first-order chi connectivity index (χ1) is 16.3. The number of nitrogens with one attached hydrogen (secondary N) is 1. The molecule has 0 heterocycles. The summed E-state index contributed by atoms with van der Waals surface area (Å²) in [5.74, 6) is 1.12. The molecule has 0 aliphatic rings. The van der Waals surface area contributed by atoms with Crippen molar-refractivity contribution in [2.45, 2.75) is 110 Å². The van der Waals surface area contributed by atoms with Crippen LogP contribution in [0.1, 0.15) is 104 Å². The minimum atomic E-state index is -0.149. The molecular weight excluding hydrogens is 442 g/mol. The maximum atomic E-state index is 10.3. The van der Waals surface area contributed by atoms with Gasteiger partial charge < -0.3 is 15.2 Å². The number of aromatic hydroxyl groups is 1. The summed E-state index contributed by atoms with van der Waals surface area (Å²) >= 11 is 6.13. The van der Waals surface area contributed by atoms with Crippen molar-refractivity contribution in [2.75, 3.05) is 11.9 Å². The van der Waals surface area contributed by atoms with Gasteiger partial charge >= 0.3 is 0 Å². The molecule has 0 saturated heterocycles. The van der Waals surface area contributed by atoms with E-state index in [9.17, 15) is 5.11 Å². The highest BCUT2D eigenvalue weighted by Crippen LogP contribution is 2.34. The number of hydrogen-bond acceptors (Lipinski definition) is 3. The molecule has 0 amide bonds. The molecule has 0 aromatic heterocycles. The zero-order valence-electron chi connectivity index (χ0n) is 21.8. The van der Waals surface area contributed by atoms with E-state index in [-0.39, 0.29) is 11.5 Å². The smallest absolute Gasteiger partial charge is 0.120 e. The van der Waals surface area contributed by atoms with Crippen LogP contribution in [0.5, 0.6) is 11.5 Å². The fraction of sp³-hybridized carbons (Fsp3) is 0.600. The number of hydrogen-bond donors (Lipinski definition) is 2. The molecular formula is C30H45ClNO2. The van der Waals surface area contributed by atoms with E-state index in [0.717, 1.165) is 29.8 Å². The van der Waals surface area contributed by atoms with Crippen LogP contribution in [0.25, 0.3) is 0 Å². The van der Waals surface area contributed by atoms with Gasteiger partial charge in [0.1, 0.15) is 17.6 Å². The van der Waals surface area contributed by atoms with E-state index in [0.29, 0.717) is 17.3 Å². The zero-order valence-corrected chi connectivity index (χ0v) is 22.5. The van der Waals surface area contributed by atoms with Crippen LogP contribution >= 0.6 is 11.6 Å². The van der Waals surface area contributed by atoms with Crippen LogP contribution in [-0.4, -0.2) is 17.8 Å². The van der Waals surface area contributed by atoms with Gasteiger partial charge in [-0.2, -0.15) is 0 Å². The molecule has 0 bridgehead atoms. The van der Waals surface area contributed by atoms with Gasteiger partial charge in [0.05, 0.1) is 6.54 Å². The first-order valence-electron chi connectivity index (χ1n) is 13.2. The van der Waals surface area contributed by atoms with Gasteiger partial charge in [-0.05, 0) is 48.6 Å². The number of ether oxygens (including phenoxy) is 1. The van der Waals surface area contributed by atoms with Crippen LogP contribution in [0.15, 0.2) is 36.4 Å². The van der Waals surface area contributed by atoms with Gasteiger partial charge in [0.2, 0.25) is 0 Å². The highest BCUT2D eigenvalue weighted by molar-refractivity contribution is 6.30. The topological polar surface area (TPSA) is 41.5 Å². The summed E-state index contributed by atoms with van der Waals surface area (Å²) in [5, 5.41) is 14.4. The minimum absolute atomic E-state index is 0.0267. The molecule has 0 spiro atoms. The lowest BCUT2D eigenvalue weighted by molar-refractivity contribution is 0.198. The average Bonchev–Trinajstić information content (AvgIpc) is 2.79. The van der Waals surface area contributed by atoms with E-state index >= 15 is 0 Å². The molecule has 1 atom stereocenters. The standard InChI is InChI=1S/C30H45ClNO2/c1-5-6-7-8-9-10-11-12-13-14-18-27(23-32-25-17-15-16-24(31)21-25)34-26-19-20-29(33)28(22-26)30(2,3)4/h15-16,19-22,27,32-33H,5-14,18,23H2,1-4H3. The predicted octanol–water partition coefficient (Wildman–Crippen LogP) is 9.31. The lowest BCUT2D eigenvalue weighted by Gasteiger charge is -2.24. The summed E-state index contributed by atoms with van der Waals surface area (Å²) in [6, 6.07) is 14.3. The van der Waals surface area contributed by atoms with Crippen molar-refractivity contribution in [2.24, 2.45) is 0 Å². The van der Waals surface area contributed by atoms with Crippen molar-refractivity contribution in [1.29, 1.82) is 0 Å². The molecule has 2 aromatic carbocycles. The van der Waals surface area contributed by atoms with Crippen LogP contribution in [-0.2, 0) is 5.41 Å². The van der Waals surface area contributed by atoms with Crippen LogP contribution in [0.2, 0.25) is 5.02 Å². The van der Waals surface area contributed by atoms with Crippen molar-refractivity contribution >= 4 is 17.3 Å². The number of phenolic OH excluding ortho intramolecular Hbond substituents is 1. The minimum Gasteiger partial charge on any atom is -0.508 e. The number of anilines is 1. The van der Waals surface area contributed by atoms with Gasteiger partial charge in [-0.15, -0.1) is 0 Å². The molecule has 2 rings (SSSR count). The third-order valence-electron chi connectivity index (χ3n) is 6.24.